The van der Waals surface area contributed by atoms with Crippen molar-refractivity contribution >= 4 is 29.8 Å². The molecule has 0 spiro atoms. The number of carboxylic acid groups (broad SMARTS) is 3. The monoisotopic (exact) mass is 536 g/mol. The number of carbonyl (C=O) groups is 5. The minimum absolute atomic E-state index is 0.348. The number of hydrogen-bond donors (Lipinski definition) is 3. The van der Waals surface area contributed by atoms with Gasteiger partial charge in [-0.2, -0.15) is 0 Å². The molecule has 1 unspecified atom stereocenters. The van der Waals surface area contributed by atoms with E-state index in [2.05, 4.69) is 4.74 Å². The Hall–Kier alpha value is -2.97. The summed E-state index contributed by atoms with van der Waals surface area (Å²) in [6.07, 6.45) is 18.4. The Morgan fingerprint density at radius 1 is 0.711 bits per heavy atom. The highest BCUT2D eigenvalue weighted by Crippen LogP contribution is 2.23. The number of allylic oxidation sites excluding steroid dienone is 1. The molecule has 1 rings (SSSR count). The van der Waals surface area contributed by atoms with Crippen LogP contribution >= 0.6 is 0 Å². The van der Waals surface area contributed by atoms with Crippen LogP contribution in [0, 0.1) is 5.92 Å². The van der Waals surface area contributed by atoms with E-state index in [1.54, 1.807) is 6.92 Å². The van der Waals surface area contributed by atoms with E-state index < -0.39 is 42.2 Å². The van der Waals surface area contributed by atoms with Crippen molar-refractivity contribution in [3.05, 3.63) is 22.8 Å². The van der Waals surface area contributed by atoms with Gasteiger partial charge in [-0.15, -0.1) is 0 Å². The van der Waals surface area contributed by atoms with Gasteiger partial charge in [-0.1, -0.05) is 89.5 Å². The van der Waals surface area contributed by atoms with Gasteiger partial charge in [0.15, 0.2) is 0 Å². The summed E-state index contributed by atoms with van der Waals surface area (Å²) < 4.78 is 4.61. The van der Waals surface area contributed by atoms with Crippen molar-refractivity contribution in [1.29, 1.82) is 0 Å². The lowest BCUT2D eigenvalue weighted by molar-refractivity contribution is -0.151. The van der Waals surface area contributed by atoms with Gasteiger partial charge in [-0.25, -0.2) is 14.4 Å². The molecule has 0 aromatic rings. The van der Waals surface area contributed by atoms with Crippen LogP contribution in [0.1, 0.15) is 122 Å². The van der Waals surface area contributed by atoms with Crippen LogP contribution in [0.3, 0.4) is 0 Å². The first-order chi connectivity index (χ1) is 18.1. The van der Waals surface area contributed by atoms with Crippen molar-refractivity contribution in [2.45, 2.75) is 122 Å². The van der Waals surface area contributed by atoms with E-state index in [1.807, 2.05) is 0 Å². The Morgan fingerprint density at radius 2 is 1.16 bits per heavy atom. The van der Waals surface area contributed by atoms with Crippen LogP contribution in [0.15, 0.2) is 22.8 Å². The molecule has 38 heavy (non-hydrogen) atoms. The maximum atomic E-state index is 11.5. The van der Waals surface area contributed by atoms with Crippen molar-refractivity contribution in [3.8, 4) is 0 Å². The molecule has 0 aromatic heterocycles. The molecule has 1 heterocycles. The van der Waals surface area contributed by atoms with Gasteiger partial charge in [0.2, 0.25) is 0 Å². The Balaban J connectivity index is 1.96. The second-order valence-electron chi connectivity index (χ2n) is 10.1. The second-order valence-corrected chi connectivity index (χ2v) is 10.1. The van der Waals surface area contributed by atoms with Crippen LogP contribution in [0.4, 0.5) is 0 Å². The first-order valence-corrected chi connectivity index (χ1v) is 14.0. The van der Waals surface area contributed by atoms with E-state index in [9.17, 15) is 29.1 Å². The summed E-state index contributed by atoms with van der Waals surface area (Å²) in [5, 5.41) is 27.2. The van der Waals surface area contributed by atoms with Gasteiger partial charge in [0.05, 0.1) is 12.3 Å². The molecule has 0 saturated heterocycles. The molecule has 1 aliphatic heterocycles. The quantitative estimate of drug-likeness (QED) is 0.0598. The molecule has 214 valence electrons. The van der Waals surface area contributed by atoms with Gasteiger partial charge in [0.25, 0.3) is 0 Å². The third-order valence-corrected chi connectivity index (χ3v) is 6.99. The van der Waals surface area contributed by atoms with E-state index in [1.165, 1.54) is 57.4 Å². The van der Waals surface area contributed by atoms with Gasteiger partial charge in [-0.3, -0.25) is 9.59 Å². The fourth-order valence-electron chi connectivity index (χ4n) is 4.67. The average molecular weight is 537 g/mol. The molecule has 1 aliphatic rings. The van der Waals surface area contributed by atoms with Crippen LogP contribution in [0.25, 0.3) is 0 Å². The van der Waals surface area contributed by atoms with Crippen molar-refractivity contribution in [3.63, 3.8) is 0 Å². The predicted molar refractivity (Wildman–Crippen MR) is 141 cm³/mol. The lowest BCUT2D eigenvalue weighted by atomic mass is 9.94. The number of ether oxygens (including phenoxy) is 1. The summed E-state index contributed by atoms with van der Waals surface area (Å²) in [4.78, 5) is 56.3. The van der Waals surface area contributed by atoms with E-state index in [0.29, 0.717) is 24.0 Å². The highest BCUT2D eigenvalue weighted by atomic mass is 16.6. The number of unbranched alkanes of at least 4 members (excludes halogenated alkanes) is 15. The standard InChI is InChI=1S/C29H44O9/c1-21-22(29(37)38-28(21)36)18-16-14-12-10-8-6-4-2-3-5-7-9-11-13-15-17-19-23(26(32)33)24(27(34)35)20-25(30)31/h19,24H,2-18,20H2,1H3,(H,30,31)(H,32,33)(H,34,35). The highest BCUT2D eigenvalue weighted by molar-refractivity contribution is 6.11. The lowest BCUT2D eigenvalue weighted by Gasteiger charge is -2.11. The number of rotatable bonds is 23. The lowest BCUT2D eigenvalue weighted by Crippen LogP contribution is -2.24. The van der Waals surface area contributed by atoms with E-state index in [-0.39, 0.29) is 5.57 Å². The summed E-state index contributed by atoms with van der Waals surface area (Å²) in [5.74, 6) is -6.66. The first kappa shape index (κ1) is 33.1. The molecular formula is C29H44O9. The van der Waals surface area contributed by atoms with Crippen LogP contribution in [0.2, 0.25) is 0 Å². The summed E-state index contributed by atoms with van der Waals surface area (Å²) in [7, 11) is 0. The maximum Gasteiger partial charge on any atom is 0.342 e. The fourth-order valence-corrected chi connectivity index (χ4v) is 4.67. The fraction of sp³-hybridized carbons (Fsp3) is 0.690. The van der Waals surface area contributed by atoms with Crippen LogP contribution in [-0.4, -0.2) is 45.2 Å². The number of esters is 2. The highest BCUT2D eigenvalue weighted by Gasteiger charge is 2.30. The second kappa shape index (κ2) is 19.2. The number of carbonyl (C=O) groups excluding carboxylic acids is 2. The predicted octanol–water partition coefficient (Wildman–Crippen LogP) is 6.20. The molecule has 9 nitrogen and oxygen atoms in total. The molecule has 0 fully saturated rings. The van der Waals surface area contributed by atoms with Gasteiger partial charge in [-0.05, 0) is 32.6 Å². The number of hydrogen-bond acceptors (Lipinski definition) is 6. The molecule has 0 saturated carbocycles. The van der Waals surface area contributed by atoms with Gasteiger partial charge >= 0.3 is 29.8 Å². The molecular weight excluding hydrogens is 492 g/mol. The molecule has 3 N–H and O–H groups in total. The van der Waals surface area contributed by atoms with E-state index >= 15 is 0 Å². The normalized spacial score (nSPS) is 14.6. The van der Waals surface area contributed by atoms with Crippen molar-refractivity contribution in [2.24, 2.45) is 5.92 Å². The summed E-state index contributed by atoms with van der Waals surface area (Å²) >= 11 is 0. The Labute approximate surface area is 225 Å². The minimum atomic E-state index is -1.53. The van der Waals surface area contributed by atoms with E-state index in [4.69, 9.17) is 10.2 Å². The summed E-state index contributed by atoms with van der Waals surface area (Å²) in [6.45, 7) is 1.65. The zero-order chi connectivity index (χ0) is 28.3. The summed E-state index contributed by atoms with van der Waals surface area (Å²) in [6, 6.07) is 0. The molecule has 0 radical (unpaired) electrons. The number of cyclic esters (lactones) is 2. The zero-order valence-corrected chi connectivity index (χ0v) is 22.7. The first-order valence-electron chi connectivity index (χ1n) is 14.0. The minimum Gasteiger partial charge on any atom is -0.481 e. The van der Waals surface area contributed by atoms with Crippen LogP contribution < -0.4 is 0 Å². The Morgan fingerprint density at radius 3 is 1.53 bits per heavy atom. The largest absolute Gasteiger partial charge is 0.481 e. The summed E-state index contributed by atoms with van der Waals surface area (Å²) in [5.41, 5.74) is 0.656. The number of aliphatic carboxylic acids is 3. The molecule has 9 heteroatoms. The topological polar surface area (TPSA) is 155 Å². The van der Waals surface area contributed by atoms with Gasteiger partial charge < -0.3 is 20.1 Å². The van der Waals surface area contributed by atoms with E-state index in [0.717, 1.165) is 44.9 Å². The Kier molecular flexibility index (Phi) is 16.7. The molecule has 0 aromatic carbocycles. The molecule has 0 aliphatic carbocycles. The SMILES string of the molecule is CC1=C(CCCCCCCCCCCCCCCCCC=C(C(=O)O)C(CC(=O)O)C(=O)O)C(=O)OC1=O. The van der Waals surface area contributed by atoms with Gasteiger partial charge in [0.1, 0.15) is 0 Å². The number of carboxylic acids is 3. The zero-order valence-electron chi connectivity index (χ0n) is 22.7. The van der Waals surface area contributed by atoms with Crippen molar-refractivity contribution in [1.82, 2.24) is 0 Å². The maximum absolute atomic E-state index is 11.5. The average Bonchev–Trinajstić information content (AvgIpc) is 3.09. The molecule has 0 amide bonds. The molecule has 0 bridgehead atoms. The van der Waals surface area contributed by atoms with Crippen LogP contribution in [-0.2, 0) is 28.7 Å². The van der Waals surface area contributed by atoms with Crippen molar-refractivity contribution in [2.75, 3.05) is 0 Å². The third kappa shape index (κ3) is 13.5. The smallest absolute Gasteiger partial charge is 0.342 e. The Bertz CT molecular complexity index is 869. The van der Waals surface area contributed by atoms with Gasteiger partial charge in [0, 0.05) is 16.7 Å². The van der Waals surface area contributed by atoms with Crippen LogP contribution in [0.5, 0.6) is 0 Å². The molecule has 1 atom stereocenters. The third-order valence-electron chi connectivity index (χ3n) is 6.99. The van der Waals surface area contributed by atoms with Crippen molar-refractivity contribution < 1.29 is 44.0 Å².